The Balaban J connectivity index is 1.25. The van der Waals surface area contributed by atoms with Gasteiger partial charge in [-0.3, -0.25) is 4.79 Å². The van der Waals surface area contributed by atoms with Crippen LogP contribution in [0.3, 0.4) is 0 Å². The van der Waals surface area contributed by atoms with E-state index in [9.17, 15) is 13.2 Å². The quantitative estimate of drug-likeness (QED) is 0.667. The molecule has 1 fully saturated rings. The minimum atomic E-state index is -3.53. The fourth-order valence-electron chi connectivity index (χ4n) is 3.68. The summed E-state index contributed by atoms with van der Waals surface area (Å²) in [6.07, 6.45) is 1.73. The highest BCUT2D eigenvalue weighted by Gasteiger charge is 2.32. The largest absolute Gasteiger partial charge is 0.454 e. The number of sulfonamides is 1. The molecule has 0 radical (unpaired) electrons. The zero-order chi connectivity index (χ0) is 21.1. The molecular formula is C21H23BrN2O5S. The van der Waals surface area contributed by atoms with E-state index in [1.807, 2.05) is 18.2 Å². The number of amides is 1. The number of hydrogen-bond acceptors (Lipinski definition) is 5. The predicted molar refractivity (Wildman–Crippen MR) is 115 cm³/mol. The Kier molecular flexibility index (Phi) is 6.31. The molecule has 30 heavy (non-hydrogen) atoms. The molecule has 1 N–H and O–H groups in total. The Labute approximate surface area is 184 Å². The molecule has 0 spiro atoms. The van der Waals surface area contributed by atoms with Gasteiger partial charge in [-0.15, -0.1) is 0 Å². The SMILES string of the molecule is O=C(NCCc1ccc2c(c1)OCO2)C1CCN(S(=O)(=O)c2ccc(Br)cc2)CC1. The maximum absolute atomic E-state index is 12.8. The summed E-state index contributed by atoms with van der Waals surface area (Å²) in [6, 6.07) is 12.4. The van der Waals surface area contributed by atoms with Crippen molar-refractivity contribution in [3.8, 4) is 11.5 Å². The normalized spacial score (nSPS) is 17.1. The van der Waals surface area contributed by atoms with Crippen molar-refractivity contribution < 1.29 is 22.7 Å². The van der Waals surface area contributed by atoms with Crippen molar-refractivity contribution in [3.63, 3.8) is 0 Å². The Morgan fingerprint density at radius 3 is 2.50 bits per heavy atom. The molecule has 0 atom stereocenters. The number of fused-ring (bicyclic) bond motifs is 1. The zero-order valence-corrected chi connectivity index (χ0v) is 18.7. The maximum atomic E-state index is 12.8. The summed E-state index contributed by atoms with van der Waals surface area (Å²) < 4.78 is 38.5. The monoisotopic (exact) mass is 494 g/mol. The van der Waals surface area contributed by atoms with Crippen molar-refractivity contribution in [2.75, 3.05) is 26.4 Å². The third-order valence-corrected chi connectivity index (χ3v) is 7.87. The van der Waals surface area contributed by atoms with Gasteiger partial charge >= 0.3 is 0 Å². The second-order valence-corrected chi connectivity index (χ2v) is 10.2. The van der Waals surface area contributed by atoms with Crippen molar-refractivity contribution in [1.29, 1.82) is 0 Å². The molecule has 160 valence electrons. The van der Waals surface area contributed by atoms with E-state index in [1.54, 1.807) is 24.3 Å². The molecule has 2 aliphatic heterocycles. The number of benzene rings is 2. The van der Waals surface area contributed by atoms with Crippen LogP contribution in [0, 0.1) is 5.92 Å². The van der Waals surface area contributed by atoms with Gasteiger partial charge in [0.25, 0.3) is 0 Å². The van der Waals surface area contributed by atoms with Crippen LogP contribution < -0.4 is 14.8 Å². The lowest BCUT2D eigenvalue weighted by Crippen LogP contribution is -2.43. The summed E-state index contributed by atoms with van der Waals surface area (Å²) >= 11 is 3.32. The summed E-state index contributed by atoms with van der Waals surface area (Å²) in [5, 5.41) is 2.98. The first-order valence-electron chi connectivity index (χ1n) is 9.85. The number of carbonyl (C=O) groups excluding carboxylic acids is 1. The lowest BCUT2D eigenvalue weighted by atomic mass is 9.97. The van der Waals surface area contributed by atoms with Crippen LogP contribution in [0.1, 0.15) is 18.4 Å². The summed E-state index contributed by atoms with van der Waals surface area (Å²) in [6.45, 7) is 1.46. The number of nitrogens with zero attached hydrogens (tertiary/aromatic N) is 1. The second-order valence-electron chi connectivity index (χ2n) is 7.36. The van der Waals surface area contributed by atoms with E-state index in [0.717, 1.165) is 21.5 Å². The number of halogens is 1. The van der Waals surface area contributed by atoms with Gasteiger partial charge in [-0.1, -0.05) is 22.0 Å². The fraction of sp³-hybridized carbons (Fsp3) is 0.381. The minimum Gasteiger partial charge on any atom is -0.454 e. The van der Waals surface area contributed by atoms with E-state index in [4.69, 9.17) is 9.47 Å². The highest BCUT2D eigenvalue weighted by molar-refractivity contribution is 9.10. The zero-order valence-electron chi connectivity index (χ0n) is 16.3. The molecule has 0 aromatic heterocycles. The molecule has 1 saturated heterocycles. The van der Waals surface area contributed by atoms with Gasteiger partial charge in [-0.2, -0.15) is 4.31 Å². The number of hydrogen-bond donors (Lipinski definition) is 1. The van der Waals surface area contributed by atoms with E-state index < -0.39 is 10.0 Å². The predicted octanol–water partition coefficient (Wildman–Crippen LogP) is 2.94. The number of carbonyl (C=O) groups is 1. The second kappa shape index (κ2) is 8.95. The van der Waals surface area contributed by atoms with Crippen LogP contribution in [0.4, 0.5) is 0 Å². The summed E-state index contributed by atoms with van der Waals surface area (Å²) in [5.41, 5.74) is 1.06. The molecular weight excluding hydrogens is 472 g/mol. The van der Waals surface area contributed by atoms with Crippen molar-refractivity contribution in [2.24, 2.45) is 5.92 Å². The number of nitrogens with one attached hydrogen (secondary N) is 1. The molecule has 9 heteroatoms. The first kappa shape index (κ1) is 21.1. The van der Waals surface area contributed by atoms with Crippen LogP contribution in [0.15, 0.2) is 51.8 Å². The molecule has 7 nitrogen and oxygen atoms in total. The van der Waals surface area contributed by atoms with Gasteiger partial charge in [0, 0.05) is 30.0 Å². The lowest BCUT2D eigenvalue weighted by molar-refractivity contribution is -0.126. The van der Waals surface area contributed by atoms with Gasteiger partial charge < -0.3 is 14.8 Å². The van der Waals surface area contributed by atoms with E-state index >= 15 is 0 Å². The Morgan fingerprint density at radius 1 is 1.07 bits per heavy atom. The Morgan fingerprint density at radius 2 is 1.77 bits per heavy atom. The Bertz CT molecular complexity index is 1020. The summed E-state index contributed by atoms with van der Waals surface area (Å²) in [7, 11) is -3.53. The van der Waals surface area contributed by atoms with Crippen LogP contribution in [0.5, 0.6) is 11.5 Å². The van der Waals surface area contributed by atoms with E-state index in [0.29, 0.717) is 38.9 Å². The lowest BCUT2D eigenvalue weighted by Gasteiger charge is -2.30. The molecule has 0 aliphatic carbocycles. The average Bonchev–Trinajstić information content (AvgIpc) is 3.22. The van der Waals surface area contributed by atoms with Gasteiger partial charge in [0.1, 0.15) is 0 Å². The number of rotatable bonds is 6. The van der Waals surface area contributed by atoms with E-state index in [2.05, 4.69) is 21.2 Å². The van der Waals surface area contributed by atoms with E-state index in [1.165, 1.54) is 4.31 Å². The van der Waals surface area contributed by atoms with Gasteiger partial charge in [0.2, 0.25) is 22.7 Å². The van der Waals surface area contributed by atoms with Gasteiger partial charge in [-0.25, -0.2) is 8.42 Å². The van der Waals surface area contributed by atoms with Crippen LogP contribution in [0.25, 0.3) is 0 Å². The van der Waals surface area contributed by atoms with Crippen molar-refractivity contribution in [3.05, 3.63) is 52.5 Å². The minimum absolute atomic E-state index is 0.0172. The fourth-order valence-corrected chi connectivity index (χ4v) is 5.42. The average molecular weight is 495 g/mol. The molecule has 2 aliphatic rings. The molecule has 1 amide bonds. The topological polar surface area (TPSA) is 84.9 Å². The molecule has 0 bridgehead atoms. The van der Waals surface area contributed by atoms with Gasteiger partial charge in [0.05, 0.1) is 4.90 Å². The summed E-state index contributed by atoms with van der Waals surface area (Å²) in [5.74, 6) is 1.29. The van der Waals surface area contributed by atoms with Gasteiger partial charge in [0.15, 0.2) is 11.5 Å². The third-order valence-electron chi connectivity index (χ3n) is 5.43. The standard InChI is InChI=1S/C21H23BrN2O5S/c22-17-2-4-18(5-3-17)30(26,27)24-11-8-16(9-12-24)21(25)23-10-7-15-1-6-19-20(13-15)29-14-28-19/h1-6,13,16H,7-12,14H2,(H,23,25). The van der Waals surface area contributed by atoms with Crippen LogP contribution in [-0.2, 0) is 21.2 Å². The smallest absolute Gasteiger partial charge is 0.243 e. The Hall–Kier alpha value is -2.10. The number of piperidine rings is 1. The van der Waals surface area contributed by atoms with Gasteiger partial charge in [-0.05, 0) is 61.2 Å². The molecule has 2 aromatic rings. The third kappa shape index (κ3) is 4.63. The van der Waals surface area contributed by atoms with Crippen molar-refractivity contribution in [1.82, 2.24) is 9.62 Å². The highest BCUT2D eigenvalue weighted by Crippen LogP contribution is 2.32. The first-order chi connectivity index (χ1) is 14.4. The van der Waals surface area contributed by atoms with Crippen LogP contribution in [-0.4, -0.2) is 45.1 Å². The van der Waals surface area contributed by atoms with E-state index in [-0.39, 0.29) is 23.5 Å². The van der Waals surface area contributed by atoms with Crippen LogP contribution >= 0.6 is 15.9 Å². The summed E-state index contributed by atoms with van der Waals surface area (Å²) in [4.78, 5) is 12.8. The number of ether oxygens (including phenoxy) is 2. The maximum Gasteiger partial charge on any atom is 0.243 e. The molecule has 0 unspecified atom stereocenters. The van der Waals surface area contributed by atoms with Crippen molar-refractivity contribution in [2.45, 2.75) is 24.2 Å². The highest BCUT2D eigenvalue weighted by atomic mass is 79.9. The first-order valence-corrected chi connectivity index (χ1v) is 12.1. The molecule has 2 aromatic carbocycles. The molecule has 2 heterocycles. The molecule has 0 saturated carbocycles. The van der Waals surface area contributed by atoms with Crippen molar-refractivity contribution >= 4 is 31.9 Å². The molecule has 4 rings (SSSR count). The van der Waals surface area contributed by atoms with Crippen LogP contribution in [0.2, 0.25) is 0 Å².